The highest BCUT2D eigenvalue weighted by Gasteiger charge is 2.48. The van der Waals surface area contributed by atoms with E-state index in [0.717, 1.165) is 29.6 Å². The van der Waals surface area contributed by atoms with Crippen LogP contribution in [0.1, 0.15) is 65.7 Å². The molecule has 0 aromatic rings. The van der Waals surface area contributed by atoms with Gasteiger partial charge in [-0.1, -0.05) is 27.2 Å². The SMILES string of the molecule is CCC(C)(C)CC1C2CC3CC(C2)CC1C3. The van der Waals surface area contributed by atoms with Gasteiger partial charge < -0.3 is 0 Å². The molecule has 0 aliphatic heterocycles. The molecule has 0 nitrogen and oxygen atoms in total. The smallest absolute Gasteiger partial charge is 0.0352 e. The fourth-order valence-electron chi connectivity index (χ4n) is 5.15. The number of hydrogen-bond donors (Lipinski definition) is 0. The molecule has 16 heavy (non-hydrogen) atoms. The summed E-state index contributed by atoms with van der Waals surface area (Å²) in [7, 11) is 0. The molecule has 0 atom stereocenters. The minimum Gasteiger partial charge on any atom is -0.0649 e. The zero-order valence-electron chi connectivity index (χ0n) is 11.3. The lowest BCUT2D eigenvalue weighted by Gasteiger charge is -2.56. The molecule has 4 saturated carbocycles. The zero-order valence-corrected chi connectivity index (χ0v) is 11.3. The van der Waals surface area contributed by atoms with E-state index in [-0.39, 0.29) is 0 Å². The standard InChI is InChI=1S/C16H28/c1-4-16(2,3)10-15-13-6-11-5-12(8-13)9-14(15)7-11/h11-15H,4-10H2,1-3H3. The maximum Gasteiger partial charge on any atom is -0.0352 e. The molecule has 0 aromatic carbocycles. The van der Waals surface area contributed by atoms with Crippen molar-refractivity contribution in [2.45, 2.75) is 65.7 Å². The van der Waals surface area contributed by atoms with Gasteiger partial charge in [0.15, 0.2) is 0 Å². The van der Waals surface area contributed by atoms with E-state index in [2.05, 4.69) is 20.8 Å². The van der Waals surface area contributed by atoms with Crippen LogP contribution in [0.5, 0.6) is 0 Å². The molecule has 4 aliphatic carbocycles. The zero-order chi connectivity index (χ0) is 11.3. The van der Waals surface area contributed by atoms with Crippen LogP contribution in [-0.2, 0) is 0 Å². The first-order chi connectivity index (χ1) is 7.57. The molecule has 4 aliphatic rings. The Labute approximate surface area is 101 Å². The quantitative estimate of drug-likeness (QED) is 0.635. The van der Waals surface area contributed by atoms with E-state index >= 15 is 0 Å². The molecule has 0 heterocycles. The molecule has 0 radical (unpaired) electrons. The lowest BCUT2D eigenvalue weighted by atomic mass is 9.50. The van der Waals surface area contributed by atoms with Gasteiger partial charge in [-0.05, 0) is 73.5 Å². The fraction of sp³-hybridized carbons (Fsp3) is 1.00. The maximum atomic E-state index is 2.48. The molecular weight excluding hydrogens is 192 g/mol. The largest absolute Gasteiger partial charge is 0.0649 e. The highest BCUT2D eigenvalue weighted by Crippen LogP contribution is 2.58. The van der Waals surface area contributed by atoms with Crippen molar-refractivity contribution in [3.05, 3.63) is 0 Å². The summed E-state index contributed by atoms with van der Waals surface area (Å²) >= 11 is 0. The minimum atomic E-state index is 0.597. The van der Waals surface area contributed by atoms with Crippen molar-refractivity contribution in [3.63, 3.8) is 0 Å². The van der Waals surface area contributed by atoms with Gasteiger partial charge >= 0.3 is 0 Å². The van der Waals surface area contributed by atoms with Crippen molar-refractivity contribution in [1.29, 1.82) is 0 Å². The molecular formula is C16H28. The Bertz CT molecular complexity index is 235. The van der Waals surface area contributed by atoms with E-state index in [1.807, 2.05) is 0 Å². The third kappa shape index (κ3) is 1.83. The van der Waals surface area contributed by atoms with Gasteiger partial charge in [-0.3, -0.25) is 0 Å². The van der Waals surface area contributed by atoms with Crippen molar-refractivity contribution in [2.24, 2.45) is 35.0 Å². The predicted octanol–water partition coefficient (Wildman–Crippen LogP) is 4.89. The molecule has 0 spiro atoms. The summed E-state index contributed by atoms with van der Waals surface area (Å²) < 4.78 is 0. The van der Waals surface area contributed by atoms with Crippen molar-refractivity contribution < 1.29 is 0 Å². The van der Waals surface area contributed by atoms with Crippen molar-refractivity contribution in [3.8, 4) is 0 Å². The van der Waals surface area contributed by atoms with Crippen LogP contribution in [0, 0.1) is 35.0 Å². The van der Waals surface area contributed by atoms with E-state index in [1.165, 1.54) is 12.8 Å². The second-order valence-corrected chi connectivity index (χ2v) is 7.82. The molecule has 0 N–H and O–H groups in total. The van der Waals surface area contributed by atoms with Crippen molar-refractivity contribution in [2.75, 3.05) is 0 Å². The van der Waals surface area contributed by atoms with Crippen molar-refractivity contribution >= 4 is 0 Å². The lowest BCUT2D eigenvalue weighted by Crippen LogP contribution is -2.46. The first-order valence-electron chi connectivity index (χ1n) is 7.57. The Balaban J connectivity index is 1.72. The Morgan fingerprint density at radius 2 is 1.38 bits per heavy atom. The highest BCUT2D eigenvalue weighted by molar-refractivity contribution is 4.99. The summed E-state index contributed by atoms with van der Waals surface area (Å²) in [6.07, 6.45) is 10.8. The highest BCUT2D eigenvalue weighted by atomic mass is 14.5. The molecule has 0 unspecified atom stereocenters. The average Bonchev–Trinajstić information content (AvgIpc) is 2.22. The Hall–Kier alpha value is 0. The number of rotatable bonds is 3. The second-order valence-electron chi connectivity index (χ2n) is 7.82. The monoisotopic (exact) mass is 220 g/mol. The summed E-state index contributed by atoms with van der Waals surface area (Å²) in [5, 5.41) is 0. The van der Waals surface area contributed by atoms with Crippen LogP contribution in [0.3, 0.4) is 0 Å². The molecule has 4 bridgehead atoms. The van der Waals surface area contributed by atoms with Crippen LogP contribution in [0.4, 0.5) is 0 Å². The molecule has 0 saturated heterocycles. The third-order valence-electron chi connectivity index (χ3n) is 6.17. The summed E-state index contributed by atoms with van der Waals surface area (Å²) in [5.41, 5.74) is 0.597. The first-order valence-corrected chi connectivity index (χ1v) is 7.57. The van der Waals surface area contributed by atoms with E-state index < -0.39 is 0 Å². The van der Waals surface area contributed by atoms with E-state index in [9.17, 15) is 0 Å². The molecule has 0 amide bonds. The minimum absolute atomic E-state index is 0.597. The van der Waals surface area contributed by atoms with Crippen LogP contribution in [-0.4, -0.2) is 0 Å². The van der Waals surface area contributed by atoms with Crippen LogP contribution >= 0.6 is 0 Å². The van der Waals surface area contributed by atoms with Gasteiger partial charge in [0.25, 0.3) is 0 Å². The van der Waals surface area contributed by atoms with Gasteiger partial charge in [-0.15, -0.1) is 0 Å². The fourth-order valence-corrected chi connectivity index (χ4v) is 5.15. The van der Waals surface area contributed by atoms with Crippen molar-refractivity contribution in [1.82, 2.24) is 0 Å². The summed E-state index contributed by atoms with van der Waals surface area (Å²) in [4.78, 5) is 0. The third-order valence-corrected chi connectivity index (χ3v) is 6.17. The van der Waals surface area contributed by atoms with Gasteiger partial charge in [-0.2, -0.15) is 0 Å². The Kier molecular flexibility index (Phi) is 2.60. The maximum absolute atomic E-state index is 2.48. The first kappa shape index (κ1) is 11.1. The van der Waals surface area contributed by atoms with Gasteiger partial charge in [0.05, 0.1) is 0 Å². The van der Waals surface area contributed by atoms with Crippen LogP contribution in [0.2, 0.25) is 0 Å². The van der Waals surface area contributed by atoms with Gasteiger partial charge in [0.1, 0.15) is 0 Å². The average molecular weight is 220 g/mol. The van der Waals surface area contributed by atoms with E-state index in [1.54, 1.807) is 32.1 Å². The number of hydrogen-bond acceptors (Lipinski definition) is 0. The summed E-state index contributed by atoms with van der Waals surface area (Å²) in [5.74, 6) is 5.64. The van der Waals surface area contributed by atoms with Gasteiger partial charge in [0.2, 0.25) is 0 Å². The van der Waals surface area contributed by atoms with Crippen LogP contribution in [0.25, 0.3) is 0 Å². The molecule has 0 aromatic heterocycles. The van der Waals surface area contributed by atoms with E-state index in [0.29, 0.717) is 5.41 Å². The van der Waals surface area contributed by atoms with Gasteiger partial charge in [0, 0.05) is 0 Å². The molecule has 4 rings (SSSR count). The molecule has 0 heteroatoms. The second kappa shape index (κ2) is 3.75. The van der Waals surface area contributed by atoms with Crippen LogP contribution < -0.4 is 0 Å². The van der Waals surface area contributed by atoms with Gasteiger partial charge in [-0.25, -0.2) is 0 Å². The molecule has 92 valence electrons. The predicted molar refractivity (Wildman–Crippen MR) is 69.2 cm³/mol. The summed E-state index contributed by atoms with van der Waals surface area (Å²) in [6.45, 7) is 7.34. The molecule has 4 fully saturated rings. The topological polar surface area (TPSA) is 0 Å². The normalized spacial score (nSPS) is 46.3. The van der Waals surface area contributed by atoms with Crippen LogP contribution in [0.15, 0.2) is 0 Å². The summed E-state index contributed by atoms with van der Waals surface area (Å²) in [6, 6.07) is 0. The Morgan fingerprint density at radius 1 is 0.875 bits per heavy atom. The van der Waals surface area contributed by atoms with E-state index in [4.69, 9.17) is 0 Å². The lowest BCUT2D eigenvalue weighted by molar-refractivity contribution is -0.0530. The Morgan fingerprint density at radius 3 is 1.81 bits per heavy atom.